The van der Waals surface area contributed by atoms with Crippen molar-refractivity contribution in [2.45, 2.75) is 69.9 Å². The molecule has 3 rings (SSSR count). The number of hydrogen-bond donors (Lipinski definition) is 1. The van der Waals surface area contributed by atoms with Crippen LogP contribution in [0.15, 0.2) is 16.3 Å². The number of aromatic nitrogens is 3. The summed E-state index contributed by atoms with van der Waals surface area (Å²) < 4.78 is 25.4. The number of carbonyl (C=O) groups excluding carboxylic acids is 3. The largest absolute Gasteiger partial charge is 0.463 e. The Bertz CT molecular complexity index is 1290. The third-order valence-electron chi connectivity index (χ3n) is 5.80. The lowest BCUT2D eigenvalue weighted by Crippen LogP contribution is -2.50. The van der Waals surface area contributed by atoms with Crippen LogP contribution in [0.2, 0.25) is 0 Å². The number of anilines is 1. The number of hydrogen-bond acceptors (Lipinski definition) is 11. The minimum atomic E-state index is -1.40. The van der Waals surface area contributed by atoms with E-state index in [0.29, 0.717) is 27.7 Å². The summed E-state index contributed by atoms with van der Waals surface area (Å²) >= 11 is 7.10. The fourth-order valence-corrected chi connectivity index (χ4v) is 4.83. The smallest absolute Gasteiger partial charge is 0.303 e. The van der Waals surface area contributed by atoms with Crippen LogP contribution in [0.25, 0.3) is 11.0 Å². The van der Waals surface area contributed by atoms with Crippen molar-refractivity contribution in [2.75, 3.05) is 38.2 Å². The number of rotatable bonds is 11. The van der Waals surface area contributed by atoms with Gasteiger partial charge in [-0.05, 0) is 27.0 Å². The first-order valence-corrected chi connectivity index (χ1v) is 14.2. The minimum absolute atomic E-state index is 0.140. The van der Waals surface area contributed by atoms with Crippen LogP contribution in [0.4, 0.5) is 11.5 Å². The number of alkyl halides is 1. The average Bonchev–Trinajstić information content (AvgIpc) is 3.34. The van der Waals surface area contributed by atoms with E-state index in [2.05, 4.69) is 15.3 Å². The van der Waals surface area contributed by atoms with E-state index in [9.17, 15) is 14.4 Å². The van der Waals surface area contributed by atoms with E-state index < -0.39 is 41.9 Å². The second-order valence-electron chi connectivity index (χ2n) is 9.78. The van der Waals surface area contributed by atoms with E-state index in [0.717, 1.165) is 0 Å². The summed E-state index contributed by atoms with van der Waals surface area (Å²) in [4.78, 5) is 51.9. The highest BCUT2D eigenvalue weighted by Gasteiger charge is 2.59. The van der Waals surface area contributed by atoms with Gasteiger partial charge in [0.15, 0.2) is 28.5 Å². The van der Waals surface area contributed by atoms with Gasteiger partial charge < -0.3 is 29.2 Å². The molecule has 220 valence electrons. The van der Waals surface area contributed by atoms with Crippen molar-refractivity contribution in [3.63, 3.8) is 0 Å². The maximum atomic E-state index is 12.4. The monoisotopic (exact) mass is 598 g/mol. The van der Waals surface area contributed by atoms with Gasteiger partial charge in [0.25, 0.3) is 0 Å². The predicted octanol–water partition coefficient (Wildman–Crippen LogP) is 3.13. The highest BCUT2D eigenvalue weighted by Crippen LogP contribution is 2.46. The van der Waals surface area contributed by atoms with Crippen LogP contribution < -0.4 is 5.32 Å². The summed E-state index contributed by atoms with van der Waals surface area (Å²) in [6, 6.07) is 0. The van der Waals surface area contributed by atoms with Crippen molar-refractivity contribution in [3.8, 4) is 0 Å². The van der Waals surface area contributed by atoms with Crippen molar-refractivity contribution in [2.24, 2.45) is 4.99 Å². The molecule has 1 unspecified atom stereocenters. The zero-order valence-electron chi connectivity index (χ0n) is 23.8. The highest BCUT2D eigenvalue weighted by atomic mass is 35.5. The molecule has 0 radical (unpaired) electrons. The quantitative estimate of drug-likeness (QED) is 0.102. The van der Waals surface area contributed by atoms with E-state index in [4.69, 9.17) is 35.5 Å². The number of nitrogens with zero attached hydrogens (tertiary/aromatic N) is 5. The Hall–Kier alpha value is -2.94. The van der Waals surface area contributed by atoms with Crippen LogP contribution in [-0.2, 0) is 33.3 Å². The maximum absolute atomic E-state index is 12.4. The molecule has 4 atom stereocenters. The Balaban J connectivity index is 2.31. The lowest BCUT2D eigenvalue weighted by atomic mass is 9.95. The molecule has 13 nitrogen and oxygen atoms in total. The summed E-state index contributed by atoms with van der Waals surface area (Å²) in [5.74, 6) is -1.51. The van der Waals surface area contributed by atoms with Gasteiger partial charge in [-0.1, -0.05) is 11.8 Å². The number of ether oxygens (including phenoxy) is 4. The minimum Gasteiger partial charge on any atom is -0.463 e. The van der Waals surface area contributed by atoms with Crippen LogP contribution in [0.3, 0.4) is 0 Å². The standard InChI is InChI=1S/C25H35ClN6O7S/c1-13(2)37-20-17(11-36-14(3)33)38-23(25(20,5)39-15(4)34)32-10-16(28-18(35)9-26)19-21(27-12-31(6)7)29-24(40-8)30-22(19)32/h10,12-13,17,20,23H,9,11H2,1-8H3,(H,28,35)/b27-12+/t17-,20-,23?,25-/m1/s1. The summed E-state index contributed by atoms with van der Waals surface area (Å²) in [6.07, 6.45) is 2.09. The fourth-order valence-electron chi connectivity index (χ4n) is 4.41. The highest BCUT2D eigenvalue weighted by molar-refractivity contribution is 7.98. The Kier molecular flexibility index (Phi) is 10.4. The van der Waals surface area contributed by atoms with Gasteiger partial charge in [0, 0.05) is 34.1 Å². The molecule has 40 heavy (non-hydrogen) atoms. The molecule has 15 heteroatoms. The van der Waals surface area contributed by atoms with Gasteiger partial charge in [-0.2, -0.15) is 0 Å². The number of amides is 1. The van der Waals surface area contributed by atoms with Gasteiger partial charge in [0.05, 0.1) is 23.5 Å². The van der Waals surface area contributed by atoms with Crippen molar-refractivity contribution in [3.05, 3.63) is 6.20 Å². The van der Waals surface area contributed by atoms with E-state index in [1.807, 2.05) is 34.2 Å². The molecule has 1 N–H and O–H groups in total. The summed E-state index contributed by atoms with van der Waals surface area (Å²) in [7, 11) is 3.63. The number of fused-ring (bicyclic) bond motifs is 1. The van der Waals surface area contributed by atoms with E-state index >= 15 is 0 Å². The second kappa shape index (κ2) is 13.1. The zero-order chi connectivity index (χ0) is 29.8. The number of carbonyl (C=O) groups is 3. The number of thioether (sulfide) groups is 1. The first-order valence-electron chi connectivity index (χ1n) is 12.5. The normalized spacial score (nSPS) is 22.7. The molecule has 1 aliphatic heterocycles. The molecule has 1 fully saturated rings. The van der Waals surface area contributed by atoms with Crippen molar-refractivity contribution in [1.82, 2.24) is 19.4 Å². The molecule has 1 amide bonds. The van der Waals surface area contributed by atoms with Crippen LogP contribution in [0.1, 0.15) is 40.8 Å². The zero-order valence-corrected chi connectivity index (χ0v) is 25.3. The second-order valence-corrected chi connectivity index (χ2v) is 10.8. The predicted molar refractivity (Wildman–Crippen MR) is 151 cm³/mol. The van der Waals surface area contributed by atoms with Gasteiger partial charge in [0.2, 0.25) is 5.91 Å². The molecule has 0 aliphatic carbocycles. The molecule has 0 aromatic carbocycles. The summed E-state index contributed by atoms with van der Waals surface area (Å²) in [6.45, 7) is 7.79. The molecule has 2 aromatic rings. The van der Waals surface area contributed by atoms with Crippen molar-refractivity contribution in [1.29, 1.82) is 0 Å². The van der Waals surface area contributed by atoms with Crippen molar-refractivity contribution < 1.29 is 33.3 Å². The molecular formula is C25H35ClN6O7S. The first kappa shape index (κ1) is 31.6. The Morgan fingerprint density at radius 3 is 2.55 bits per heavy atom. The number of esters is 2. The van der Waals surface area contributed by atoms with Crippen LogP contribution in [0.5, 0.6) is 0 Å². The van der Waals surface area contributed by atoms with E-state index in [-0.39, 0.29) is 18.6 Å². The van der Waals surface area contributed by atoms with Crippen molar-refractivity contribution >= 4 is 70.1 Å². The third kappa shape index (κ3) is 7.03. The van der Waals surface area contributed by atoms with Gasteiger partial charge in [0.1, 0.15) is 24.7 Å². The molecule has 0 saturated carbocycles. The van der Waals surface area contributed by atoms with Gasteiger partial charge in [-0.3, -0.25) is 19.0 Å². The van der Waals surface area contributed by atoms with Crippen LogP contribution in [-0.4, -0.2) is 100 Å². The number of aliphatic imine (C=N–C) groups is 1. The molecule has 3 heterocycles. The molecule has 2 aromatic heterocycles. The first-order chi connectivity index (χ1) is 18.8. The number of halogens is 1. The third-order valence-corrected chi connectivity index (χ3v) is 6.59. The molecule has 0 bridgehead atoms. The van der Waals surface area contributed by atoms with Gasteiger partial charge in [-0.15, -0.1) is 11.6 Å². The Labute approximate surface area is 241 Å². The Morgan fingerprint density at radius 2 is 2.00 bits per heavy atom. The lowest BCUT2D eigenvalue weighted by Gasteiger charge is -2.35. The number of nitrogens with one attached hydrogen (secondary N) is 1. The molecule has 1 saturated heterocycles. The van der Waals surface area contributed by atoms with Crippen LogP contribution in [0, 0.1) is 0 Å². The SMILES string of the molecule is CSc1nc(/N=C/N(C)C)c2c(NC(=O)CCl)cn(C3O[C@H](COC(C)=O)[C@@H](OC(C)C)[C@@]3(C)OC(C)=O)c2n1. The molecular weight excluding hydrogens is 564 g/mol. The summed E-state index contributed by atoms with van der Waals surface area (Å²) in [5, 5.41) is 3.61. The average molecular weight is 599 g/mol. The van der Waals surface area contributed by atoms with Gasteiger partial charge in [-0.25, -0.2) is 15.0 Å². The fraction of sp³-hybridized carbons (Fsp3) is 0.600. The lowest BCUT2D eigenvalue weighted by molar-refractivity contribution is -0.183. The van der Waals surface area contributed by atoms with E-state index in [1.54, 1.807) is 28.9 Å². The van der Waals surface area contributed by atoms with E-state index in [1.165, 1.54) is 25.6 Å². The summed E-state index contributed by atoms with van der Waals surface area (Å²) in [5.41, 5.74) is -0.717. The maximum Gasteiger partial charge on any atom is 0.303 e. The topological polar surface area (TPSA) is 146 Å². The molecule has 0 spiro atoms. The van der Waals surface area contributed by atoms with Crippen LogP contribution >= 0.6 is 23.4 Å². The molecule has 1 aliphatic rings. The van der Waals surface area contributed by atoms with Gasteiger partial charge >= 0.3 is 11.9 Å². The Morgan fingerprint density at radius 1 is 1.30 bits per heavy atom.